The molecular weight excluding hydrogens is 184 g/mol. The van der Waals surface area contributed by atoms with Crippen molar-refractivity contribution in [2.75, 3.05) is 6.54 Å². The molecule has 1 atom stereocenters. The average molecular weight is 200 g/mol. The molecule has 2 amide bonds. The molecule has 0 aromatic rings. The predicted molar refractivity (Wildman–Crippen MR) is 53.1 cm³/mol. The lowest BCUT2D eigenvalue weighted by atomic mass is 10.2. The molecule has 5 heteroatoms. The lowest BCUT2D eigenvalue weighted by Crippen LogP contribution is -2.42. The van der Waals surface area contributed by atoms with Crippen LogP contribution in [-0.2, 0) is 4.79 Å². The van der Waals surface area contributed by atoms with Crippen molar-refractivity contribution in [1.82, 2.24) is 10.6 Å². The van der Waals surface area contributed by atoms with Crippen LogP contribution in [0.4, 0.5) is 4.79 Å². The van der Waals surface area contributed by atoms with Gasteiger partial charge in [0, 0.05) is 12.6 Å². The Balaban J connectivity index is 3.71. The third-order valence-corrected chi connectivity index (χ3v) is 1.41. The van der Waals surface area contributed by atoms with E-state index in [2.05, 4.69) is 17.2 Å². The van der Waals surface area contributed by atoms with E-state index in [-0.39, 0.29) is 18.5 Å². The van der Waals surface area contributed by atoms with Crippen LogP contribution in [0.5, 0.6) is 0 Å². The lowest BCUT2D eigenvalue weighted by molar-refractivity contribution is -0.137. The highest BCUT2D eigenvalue weighted by atomic mass is 16.4. The van der Waals surface area contributed by atoms with Crippen molar-refractivity contribution in [3.63, 3.8) is 0 Å². The van der Waals surface area contributed by atoms with Crippen molar-refractivity contribution in [1.29, 1.82) is 0 Å². The second kappa shape index (κ2) is 6.01. The Labute approximate surface area is 83.2 Å². The van der Waals surface area contributed by atoms with Gasteiger partial charge in [0.05, 0.1) is 6.42 Å². The SMILES string of the molecule is C=C(C)CNC(=O)NC(C)CC(=O)O. The van der Waals surface area contributed by atoms with Crippen molar-refractivity contribution in [3.05, 3.63) is 12.2 Å². The van der Waals surface area contributed by atoms with Crippen LogP contribution >= 0.6 is 0 Å². The highest BCUT2D eigenvalue weighted by Gasteiger charge is 2.09. The van der Waals surface area contributed by atoms with Gasteiger partial charge >= 0.3 is 12.0 Å². The zero-order valence-electron chi connectivity index (χ0n) is 8.46. The van der Waals surface area contributed by atoms with Crippen LogP contribution in [-0.4, -0.2) is 29.7 Å². The smallest absolute Gasteiger partial charge is 0.315 e. The highest BCUT2D eigenvalue weighted by Crippen LogP contribution is 1.90. The van der Waals surface area contributed by atoms with E-state index in [1.807, 2.05) is 0 Å². The Morgan fingerprint density at radius 1 is 1.50 bits per heavy atom. The van der Waals surface area contributed by atoms with E-state index in [0.717, 1.165) is 5.57 Å². The van der Waals surface area contributed by atoms with Gasteiger partial charge in [0.2, 0.25) is 0 Å². The minimum atomic E-state index is -0.933. The van der Waals surface area contributed by atoms with Gasteiger partial charge in [-0.1, -0.05) is 12.2 Å². The van der Waals surface area contributed by atoms with E-state index >= 15 is 0 Å². The van der Waals surface area contributed by atoms with Crippen molar-refractivity contribution >= 4 is 12.0 Å². The van der Waals surface area contributed by atoms with Crippen molar-refractivity contribution in [2.24, 2.45) is 0 Å². The topological polar surface area (TPSA) is 78.4 Å². The van der Waals surface area contributed by atoms with Gasteiger partial charge in [-0.3, -0.25) is 4.79 Å². The predicted octanol–water partition coefficient (Wildman–Crippen LogP) is 0.725. The first-order valence-electron chi connectivity index (χ1n) is 4.32. The summed E-state index contributed by atoms with van der Waals surface area (Å²) in [7, 11) is 0. The van der Waals surface area contributed by atoms with Gasteiger partial charge in [0.1, 0.15) is 0 Å². The number of carbonyl (C=O) groups excluding carboxylic acids is 1. The first-order valence-corrected chi connectivity index (χ1v) is 4.32. The molecule has 0 aromatic carbocycles. The molecule has 0 bridgehead atoms. The van der Waals surface area contributed by atoms with Crippen LogP contribution in [0.2, 0.25) is 0 Å². The number of amides is 2. The van der Waals surface area contributed by atoms with E-state index in [0.29, 0.717) is 6.54 Å². The first kappa shape index (κ1) is 12.5. The fourth-order valence-electron chi connectivity index (χ4n) is 0.819. The molecule has 5 nitrogen and oxygen atoms in total. The molecule has 3 N–H and O–H groups in total. The Morgan fingerprint density at radius 3 is 2.50 bits per heavy atom. The van der Waals surface area contributed by atoms with Crippen molar-refractivity contribution in [3.8, 4) is 0 Å². The second-order valence-electron chi connectivity index (χ2n) is 3.28. The van der Waals surface area contributed by atoms with Crippen LogP contribution < -0.4 is 10.6 Å². The summed E-state index contributed by atoms with van der Waals surface area (Å²) in [5.74, 6) is -0.933. The van der Waals surface area contributed by atoms with E-state index in [9.17, 15) is 9.59 Å². The highest BCUT2D eigenvalue weighted by molar-refractivity contribution is 5.75. The van der Waals surface area contributed by atoms with Gasteiger partial charge in [-0.05, 0) is 13.8 Å². The maximum atomic E-state index is 11.1. The summed E-state index contributed by atoms with van der Waals surface area (Å²) in [6.45, 7) is 7.44. The molecule has 0 aliphatic heterocycles. The fraction of sp³-hybridized carbons (Fsp3) is 0.556. The number of rotatable bonds is 5. The summed E-state index contributed by atoms with van der Waals surface area (Å²) in [5, 5.41) is 13.5. The van der Waals surface area contributed by atoms with Gasteiger partial charge in [-0.2, -0.15) is 0 Å². The Hall–Kier alpha value is -1.52. The number of carboxylic acid groups (broad SMARTS) is 1. The minimum absolute atomic E-state index is 0.0828. The molecule has 1 unspecified atom stereocenters. The molecule has 14 heavy (non-hydrogen) atoms. The molecule has 80 valence electrons. The number of hydrogen-bond acceptors (Lipinski definition) is 2. The Morgan fingerprint density at radius 2 is 2.07 bits per heavy atom. The number of aliphatic carboxylic acids is 1. The third kappa shape index (κ3) is 7.15. The zero-order valence-corrected chi connectivity index (χ0v) is 8.46. The number of carbonyl (C=O) groups is 2. The van der Waals surface area contributed by atoms with Gasteiger partial charge < -0.3 is 15.7 Å². The van der Waals surface area contributed by atoms with Gasteiger partial charge in [0.15, 0.2) is 0 Å². The molecule has 0 saturated heterocycles. The molecule has 0 radical (unpaired) electrons. The fourth-order valence-corrected chi connectivity index (χ4v) is 0.819. The normalized spacial score (nSPS) is 11.6. The molecule has 0 aliphatic rings. The molecule has 0 aromatic heterocycles. The quantitative estimate of drug-likeness (QED) is 0.572. The Bertz CT molecular complexity index is 238. The van der Waals surface area contributed by atoms with Crippen LogP contribution in [0.1, 0.15) is 20.3 Å². The molecule has 0 rings (SSSR count). The summed E-state index contributed by atoms with van der Waals surface area (Å²) in [6.07, 6.45) is -0.0828. The van der Waals surface area contributed by atoms with Gasteiger partial charge in [-0.25, -0.2) is 4.79 Å². The number of carboxylic acids is 1. The lowest BCUT2D eigenvalue weighted by Gasteiger charge is -2.12. The van der Waals surface area contributed by atoms with Crippen LogP contribution in [0, 0.1) is 0 Å². The maximum Gasteiger partial charge on any atom is 0.315 e. The Kier molecular flexibility index (Phi) is 5.36. The van der Waals surface area contributed by atoms with Crippen LogP contribution in [0.3, 0.4) is 0 Å². The van der Waals surface area contributed by atoms with Crippen LogP contribution in [0.25, 0.3) is 0 Å². The summed E-state index contributed by atoms with van der Waals surface area (Å²) in [5.41, 5.74) is 0.839. The van der Waals surface area contributed by atoms with E-state index in [4.69, 9.17) is 5.11 Å². The molecular formula is C9H16N2O3. The van der Waals surface area contributed by atoms with E-state index in [1.54, 1.807) is 13.8 Å². The van der Waals surface area contributed by atoms with E-state index < -0.39 is 5.97 Å². The van der Waals surface area contributed by atoms with Crippen molar-refractivity contribution < 1.29 is 14.7 Å². The largest absolute Gasteiger partial charge is 0.481 e. The molecule has 0 saturated carbocycles. The van der Waals surface area contributed by atoms with Gasteiger partial charge in [0.25, 0.3) is 0 Å². The third-order valence-electron chi connectivity index (χ3n) is 1.41. The molecule has 0 fully saturated rings. The summed E-state index contributed by atoms with van der Waals surface area (Å²) in [6, 6.07) is -0.751. The number of urea groups is 1. The zero-order chi connectivity index (χ0) is 11.1. The monoisotopic (exact) mass is 200 g/mol. The molecule has 0 aliphatic carbocycles. The molecule has 0 spiro atoms. The maximum absolute atomic E-state index is 11.1. The van der Waals surface area contributed by atoms with Gasteiger partial charge in [-0.15, -0.1) is 0 Å². The molecule has 0 heterocycles. The first-order chi connectivity index (χ1) is 6.41. The standard InChI is InChI=1S/C9H16N2O3/c1-6(2)5-10-9(14)11-7(3)4-8(12)13/h7H,1,4-5H2,2-3H3,(H,12,13)(H2,10,11,14). The number of nitrogens with one attached hydrogen (secondary N) is 2. The second-order valence-corrected chi connectivity index (χ2v) is 3.28. The number of hydrogen-bond donors (Lipinski definition) is 3. The summed E-state index contributed by atoms with van der Waals surface area (Å²) in [4.78, 5) is 21.4. The van der Waals surface area contributed by atoms with Crippen molar-refractivity contribution in [2.45, 2.75) is 26.3 Å². The summed E-state index contributed by atoms with van der Waals surface area (Å²) < 4.78 is 0. The van der Waals surface area contributed by atoms with Crippen LogP contribution in [0.15, 0.2) is 12.2 Å². The van der Waals surface area contributed by atoms with E-state index in [1.165, 1.54) is 0 Å². The summed E-state index contributed by atoms with van der Waals surface area (Å²) >= 11 is 0. The average Bonchev–Trinajstić information content (AvgIpc) is 1.98. The minimum Gasteiger partial charge on any atom is -0.481 e.